The van der Waals surface area contributed by atoms with Gasteiger partial charge in [-0.1, -0.05) is 18.2 Å². The van der Waals surface area contributed by atoms with Crippen molar-refractivity contribution in [1.29, 1.82) is 0 Å². The molecule has 0 aromatic heterocycles. The molecule has 2 saturated heterocycles. The van der Waals surface area contributed by atoms with E-state index < -0.39 is 8.60 Å². The quantitative estimate of drug-likeness (QED) is 0.571. The number of ether oxygens (including phenoxy) is 2. The van der Waals surface area contributed by atoms with Gasteiger partial charge >= 0.3 is 8.60 Å². The molecule has 5 aliphatic rings. The summed E-state index contributed by atoms with van der Waals surface area (Å²) in [6.45, 7) is 2.47. The summed E-state index contributed by atoms with van der Waals surface area (Å²) in [6, 6.07) is 4.79. The number of hydrogen-bond acceptors (Lipinski definition) is 6. The lowest BCUT2D eigenvalue weighted by molar-refractivity contribution is -0.0453. The van der Waals surface area contributed by atoms with Crippen LogP contribution in [0.3, 0.4) is 0 Å². The van der Waals surface area contributed by atoms with Crippen LogP contribution in [0.1, 0.15) is 24.0 Å². The third kappa shape index (κ3) is 2.27. The molecule has 150 valence electrons. The second-order valence-corrected chi connectivity index (χ2v) is 9.61. The largest absolute Gasteiger partial charge is 0.493 e. The normalized spacial score (nSPS) is 38.8. The van der Waals surface area contributed by atoms with Crippen LogP contribution in [0.4, 0.5) is 0 Å². The minimum Gasteiger partial charge on any atom is -0.493 e. The molecule has 1 aromatic carbocycles. The third-order valence-corrected chi connectivity index (χ3v) is 8.43. The SMILES string of the molecule is COc1ccc2c3c1O[C@H]1C(OP4OCCCO4)C=C[C@H]4[C@@H](C2)N(C)CC[C@]314. The van der Waals surface area contributed by atoms with E-state index in [0.29, 0.717) is 25.2 Å². The summed E-state index contributed by atoms with van der Waals surface area (Å²) in [5.41, 5.74) is 2.71. The fraction of sp³-hybridized carbons (Fsp3) is 0.619. The first kappa shape index (κ1) is 17.7. The molecular weight excluding hydrogens is 377 g/mol. The molecule has 0 amide bonds. The van der Waals surface area contributed by atoms with E-state index in [1.54, 1.807) is 7.11 Å². The Bertz CT molecular complexity index is 825. The Morgan fingerprint density at radius 2 is 2.07 bits per heavy atom. The highest BCUT2D eigenvalue weighted by atomic mass is 31.2. The molecular formula is C21H26NO5P. The topological polar surface area (TPSA) is 49.4 Å². The zero-order valence-electron chi connectivity index (χ0n) is 16.3. The minimum atomic E-state index is -1.31. The van der Waals surface area contributed by atoms with Gasteiger partial charge in [0.25, 0.3) is 0 Å². The van der Waals surface area contributed by atoms with Crippen molar-refractivity contribution >= 4 is 8.60 Å². The summed E-state index contributed by atoms with van der Waals surface area (Å²) in [7, 11) is 2.66. The first-order valence-electron chi connectivity index (χ1n) is 10.2. The van der Waals surface area contributed by atoms with Crippen LogP contribution in [0.25, 0.3) is 0 Å². The van der Waals surface area contributed by atoms with Crippen LogP contribution in [0.2, 0.25) is 0 Å². The average Bonchev–Trinajstić information content (AvgIpc) is 3.08. The zero-order valence-corrected chi connectivity index (χ0v) is 17.2. The highest BCUT2D eigenvalue weighted by molar-refractivity contribution is 7.41. The monoisotopic (exact) mass is 403 g/mol. The first-order chi connectivity index (χ1) is 13.7. The number of benzene rings is 1. The van der Waals surface area contributed by atoms with Gasteiger partial charge in [-0.25, -0.2) is 0 Å². The van der Waals surface area contributed by atoms with E-state index in [4.69, 9.17) is 23.0 Å². The highest BCUT2D eigenvalue weighted by Crippen LogP contribution is 2.63. The van der Waals surface area contributed by atoms with Gasteiger partial charge in [0, 0.05) is 22.9 Å². The average molecular weight is 403 g/mol. The van der Waals surface area contributed by atoms with E-state index >= 15 is 0 Å². The van der Waals surface area contributed by atoms with E-state index in [-0.39, 0.29) is 17.6 Å². The van der Waals surface area contributed by atoms with E-state index in [0.717, 1.165) is 37.3 Å². The zero-order chi connectivity index (χ0) is 18.9. The van der Waals surface area contributed by atoms with Crippen LogP contribution in [0, 0.1) is 5.92 Å². The van der Waals surface area contributed by atoms with Crippen molar-refractivity contribution in [2.75, 3.05) is 33.9 Å². The van der Waals surface area contributed by atoms with Gasteiger partial charge in [-0.2, -0.15) is 0 Å². The summed E-state index contributed by atoms with van der Waals surface area (Å²) >= 11 is 0. The summed E-state index contributed by atoms with van der Waals surface area (Å²) in [4.78, 5) is 2.51. The molecule has 3 heterocycles. The highest BCUT2D eigenvalue weighted by Gasteiger charge is 2.65. The van der Waals surface area contributed by atoms with E-state index in [9.17, 15) is 0 Å². The van der Waals surface area contributed by atoms with Gasteiger partial charge in [-0.05, 0) is 44.5 Å². The number of nitrogens with zero attached hydrogens (tertiary/aromatic N) is 1. The molecule has 0 radical (unpaired) electrons. The van der Waals surface area contributed by atoms with E-state index in [1.807, 2.05) is 0 Å². The van der Waals surface area contributed by atoms with Crippen molar-refractivity contribution in [3.63, 3.8) is 0 Å². The van der Waals surface area contributed by atoms with Crippen LogP contribution >= 0.6 is 8.60 Å². The summed E-state index contributed by atoms with van der Waals surface area (Å²) in [5, 5.41) is 0. The van der Waals surface area contributed by atoms with Gasteiger partial charge < -0.3 is 27.9 Å². The van der Waals surface area contributed by atoms with E-state index in [1.165, 1.54) is 11.1 Å². The number of likely N-dealkylation sites (N-methyl/N-ethyl adjacent to an activating group) is 1. The molecule has 0 saturated carbocycles. The lowest BCUT2D eigenvalue weighted by Crippen LogP contribution is -2.65. The molecule has 2 fully saturated rings. The fourth-order valence-corrected chi connectivity index (χ4v) is 7.13. The number of methoxy groups -OCH3 is 1. The molecule has 3 aliphatic heterocycles. The summed E-state index contributed by atoms with van der Waals surface area (Å²) in [5.74, 6) is 2.18. The summed E-state index contributed by atoms with van der Waals surface area (Å²) < 4.78 is 30.1. The van der Waals surface area contributed by atoms with Crippen molar-refractivity contribution in [3.8, 4) is 11.5 Å². The molecule has 2 bridgehead atoms. The second-order valence-electron chi connectivity index (χ2n) is 8.44. The Labute approximate surface area is 166 Å². The molecule has 5 atom stereocenters. The Hall–Kier alpha value is -1.17. The maximum Gasteiger partial charge on any atom is 0.333 e. The predicted octanol–water partition coefficient (Wildman–Crippen LogP) is 3.19. The minimum absolute atomic E-state index is 0.0564. The standard InChI is InChI=1S/C21H26NO5P/c1-22-9-8-21-14-5-7-17(27-28-24-10-3-11-25-28)20(21)26-19-16(23-2)6-4-13(18(19)21)12-15(14)22/h4-7,14-15,17,20H,3,8-12H2,1-2H3/t14-,15+,17?,20-,21-/m0/s1. The van der Waals surface area contributed by atoms with Gasteiger partial charge in [-0.3, -0.25) is 0 Å². The Morgan fingerprint density at radius 1 is 1.21 bits per heavy atom. The molecule has 1 unspecified atom stereocenters. The molecule has 0 N–H and O–H groups in total. The van der Waals surface area contributed by atoms with Crippen LogP contribution in [0.15, 0.2) is 24.3 Å². The number of rotatable bonds is 3. The van der Waals surface area contributed by atoms with Crippen molar-refractivity contribution in [3.05, 3.63) is 35.4 Å². The van der Waals surface area contributed by atoms with Gasteiger partial charge in [0.05, 0.1) is 20.3 Å². The molecule has 7 heteroatoms. The summed E-state index contributed by atoms with van der Waals surface area (Å²) in [6.07, 6.45) is 7.36. The van der Waals surface area contributed by atoms with Crippen molar-refractivity contribution in [2.24, 2.45) is 5.92 Å². The van der Waals surface area contributed by atoms with Crippen LogP contribution in [0.5, 0.6) is 11.5 Å². The van der Waals surface area contributed by atoms with Crippen molar-refractivity contribution in [1.82, 2.24) is 4.90 Å². The van der Waals surface area contributed by atoms with Gasteiger partial charge in [-0.15, -0.1) is 0 Å². The van der Waals surface area contributed by atoms with E-state index in [2.05, 4.69) is 36.2 Å². The number of likely N-dealkylation sites (tertiary alicyclic amines) is 1. The first-order valence-corrected chi connectivity index (χ1v) is 11.3. The molecule has 6 rings (SSSR count). The lowest BCUT2D eigenvalue weighted by atomic mass is 9.53. The molecule has 2 aliphatic carbocycles. The van der Waals surface area contributed by atoms with Crippen molar-refractivity contribution < 1.29 is 23.0 Å². The Kier molecular flexibility index (Phi) is 4.05. The van der Waals surface area contributed by atoms with Crippen LogP contribution < -0.4 is 9.47 Å². The van der Waals surface area contributed by atoms with Gasteiger partial charge in [0.15, 0.2) is 11.5 Å². The Morgan fingerprint density at radius 3 is 2.89 bits per heavy atom. The van der Waals surface area contributed by atoms with Gasteiger partial charge in [0.2, 0.25) is 0 Å². The Balaban J connectivity index is 1.46. The third-order valence-electron chi connectivity index (χ3n) is 7.22. The molecule has 6 nitrogen and oxygen atoms in total. The lowest BCUT2D eigenvalue weighted by Gasteiger charge is -2.56. The smallest absolute Gasteiger partial charge is 0.333 e. The fourth-order valence-electron chi connectivity index (χ4n) is 6.00. The molecule has 1 aromatic rings. The maximum absolute atomic E-state index is 6.67. The van der Waals surface area contributed by atoms with Crippen LogP contribution in [-0.2, 0) is 25.4 Å². The number of piperidine rings is 1. The van der Waals surface area contributed by atoms with Crippen LogP contribution in [-0.4, -0.2) is 57.1 Å². The molecule has 28 heavy (non-hydrogen) atoms. The predicted molar refractivity (Wildman–Crippen MR) is 105 cm³/mol. The number of hydrogen-bond donors (Lipinski definition) is 0. The molecule has 1 spiro atoms. The second kappa shape index (κ2) is 6.41. The maximum atomic E-state index is 6.67. The van der Waals surface area contributed by atoms with Crippen molar-refractivity contribution in [2.45, 2.75) is 42.9 Å². The van der Waals surface area contributed by atoms with Gasteiger partial charge in [0.1, 0.15) is 12.2 Å².